The van der Waals surface area contributed by atoms with Crippen LogP contribution in [0.1, 0.15) is 44.9 Å². The van der Waals surface area contributed by atoms with E-state index in [9.17, 15) is 4.79 Å². The molecule has 0 saturated carbocycles. The monoisotopic (exact) mass is 349 g/mol. The number of para-hydroxylation sites is 1. The van der Waals surface area contributed by atoms with Gasteiger partial charge in [0.25, 0.3) is 0 Å². The SMILES string of the molecule is C[C@H]1CCN2C(=O)[C@@]34Cc5c([nH]c6ccccc56)C(C)(C)[C@H]3C[C@]12CN4. The molecule has 0 radical (unpaired) electrons. The maximum Gasteiger partial charge on any atom is 0.244 e. The number of hydrogen-bond donors (Lipinski definition) is 2. The molecular weight excluding hydrogens is 322 g/mol. The van der Waals surface area contributed by atoms with Gasteiger partial charge in [-0.3, -0.25) is 4.79 Å². The Bertz CT molecular complexity index is 959. The Labute approximate surface area is 154 Å². The standard InChI is InChI=1S/C22H27N3O/c1-13-8-9-25-19(26)22-10-15-14-6-4-5-7-16(14)24-18(15)20(2,3)17(22)11-21(13,25)12-23-22/h4-7,13,17,23-24H,8-12H2,1-3H3/t13-,17+,21-,22+/m0/s1. The van der Waals surface area contributed by atoms with Crippen molar-refractivity contribution in [1.29, 1.82) is 0 Å². The maximum absolute atomic E-state index is 13.8. The van der Waals surface area contributed by atoms with Gasteiger partial charge in [-0.15, -0.1) is 0 Å². The number of nitrogens with zero attached hydrogens (tertiary/aromatic N) is 1. The van der Waals surface area contributed by atoms with Gasteiger partial charge in [-0.05, 0) is 36.3 Å². The smallest absolute Gasteiger partial charge is 0.244 e. The summed E-state index contributed by atoms with van der Waals surface area (Å²) in [6.07, 6.45) is 3.10. The summed E-state index contributed by atoms with van der Waals surface area (Å²) < 4.78 is 0. The van der Waals surface area contributed by atoms with Crippen LogP contribution in [-0.2, 0) is 16.6 Å². The molecule has 0 unspecified atom stereocenters. The van der Waals surface area contributed by atoms with E-state index < -0.39 is 5.54 Å². The van der Waals surface area contributed by atoms with Crippen molar-refractivity contribution >= 4 is 16.8 Å². The number of carbonyl (C=O) groups excluding carboxylic acids is 1. The second kappa shape index (κ2) is 4.36. The molecule has 4 atom stereocenters. The fourth-order valence-electron chi connectivity index (χ4n) is 6.98. The second-order valence-corrected chi connectivity index (χ2v) is 9.75. The van der Waals surface area contributed by atoms with Crippen molar-refractivity contribution in [1.82, 2.24) is 15.2 Å². The Balaban J connectivity index is 1.61. The van der Waals surface area contributed by atoms with Crippen LogP contribution in [0.3, 0.4) is 0 Å². The quantitative estimate of drug-likeness (QED) is 0.768. The van der Waals surface area contributed by atoms with E-state index in [4.69, 9.17) is 0 Å². The van der Waals surface area contributed by atoms with Crippen LogP contribution in [0.4, 0.5) is 0 Å². The number of hydrogen-bond acceptors (Lipinski definition) is 2. The Kier molecular flexibility index (Phi) is 2.56. The molecule has 1 aromatic carbocycles. The van der Waals surface area contributed by atoms with E-state index in [0.717, 1.165) is 32.4 Å². The van der Waals surface area contributed by atoms with Crippen LogP contribution in [0.2, 0.25) is 0 Å². The first-order chi connectivity index (χ1) is 12.4. The van der Waals surface area contributed by atoms with E-state index in [1.807, 2.05) is 0 Å². The van der Waals surface area contributed by atoms with Gasteiger partial charge < -0.3 is 15.2 Å². The highest BCUT2D eigenvalue weighted by Gasteiger charge is 2.70. The van der Waals surface area contributed by atoms with Crippen molar-refractivity contribution in [3.63, 3.8) is 0 Å². The van der Waals surface area contributed by atoms with Crippen molar-refractivity contribution in [3.8, 4) is 0 Å². The molecule has 4 aliphatic heterocycles. The third-order valence-electron chi connectivity index (χ3n) is 8.51. The van der Waals surface area contributed by atoms with Crippen LogP contribution in [0.25, 0.3) is 10.9 Å². The summed E-state index contributed by atoms with van der Waals surface area (Å²) in [5.74, 6) is 1.29. The molecule has 2 bridgehead atoms. The lowest BCUT2D eigenvalue weighted by Crippen LogP contribution is -2.83. The number of piperazine rings is 1. The topological polar surface area (TPSA) is 48.1 Å². The number of amides is 1. The summed E-state index contributed by atoms with van der Waals surface area (Å²) >= 11 is 0. The zero-order chi connectivity index (χ0) is 17.9. The van der Waals surface area contributed by atoms with E-state index in [1.54, 1.807) is 0 Å². The molecule has 7 rings (SSSR count). The van der Waals surface area contributed by atoms with E-state index in [0.29, 0.717) is 17.7 Å². The Morgan fingerprint density at radius 2 is 2.04 bits per heavy atom. The van der Waals surface area contributed by atoms with Crippen molar-refractivity contribution in [2.75, 3.05) is 13.1 Å². The Hall–Kier alpha value is -1.81. The molecule has 5 aliphatic rings. The van der Waals surface area contributed by atoms with Gasteiger partial charge in [0.05, 0.1) is 5.54 Å². The highest BCUT2D eigenvalue weighted by molar-refractivity contribution is 5.94. The molecule has 4 heteroatoms. The first-order valence-corrected chi connectivity index (χ1v) is 10.1. The van der Waals surface area contributed by atoms with Crippen LogP contribution >= 0.6 is 0 Å². The molecule has 4 saturated heterocycles. The van der Waals surface area contributed by atoms with Crippen molar-refractivity contribution < 1.29 is 4.79 Å². The normalized spacial score (nSPS) is 39.8. The fourth-order valence-corrected chi connectivity index (χ4v) is 6.98. The minimum Gasteiger partial charge on any atom is -0.358 e. The summed E-state index contributed by atoms with van der Waals surface area (Å²) in [6, 6.07) is 8.57. The van der Waals surface area contributed by atoms with E-state index in [1.165, 1.54) is 22.2 Å². The third kappa shape index (κ3) is 1.44. The molecular formula is C22H27N3O. The van der Waals surface area contributed by atoms with Gasteiger partial charge in [0.1, 0.15) is 5.54 Å². The van der Waals surface area contributed by atoms with Crippen LogP contribution in [0, 0.1) is 11.8 Å². The highest BCUT2D eigenvalue weighted by atomic mass is 16.2. The molecule has 4 fully saturated rings. The number of benzene rings is 1. The van der Waals surface area contributed by atoms with E-state index in [2.05, 4.69) is 60.2 Å². The minimum absolute atomic E-state index is 0.0320. The molecule has 136 valence electrons. The van der Waals surface area contributed by atoms with Crippen LogP contribution < -0.4 is 5.32 Å². The van der Waals surface area contributed by atoms with Gasteiger partial charge in [-0.2, -0.15) is 0 Å². The van der Waals surface area contributed by atoms with Gasteiger partial charge in [0.2, 0.25) is 5.91 Å². The summed E-state index contributed by atoms with van der Waals surface area (Å²) in [5, 5.41) is 5.11. The lowest BCUT2D eigenvalue weighted by atomic mass is 9.50. The van der Waals surface area contributed by atoms with Gasteiger partial charge in [-0.25, -0.2) is 0 Å². The minimum atomic E-state index is -0.423. The average Bonchev–Trinajstić information content (AvgIpc) is 3.16. The van der Waals surface area contributed by atoms with Gasteiger partial charge >= 0.3 is 0 Å². The Morgan fingerprint density at radius 1 is 1.23 bits per heavy atom. The van der Waals surface area contributed by atoms with Crippen molar-refractivity contribution in [3.05, 3.63) is 35.5 Å². The number of nitrogens with one attached hydrogen (secondary N) is 2. The van der Waals surface area contributed by atoms with E-state index >= 15 is 0 Å². The van der Waals surface area contributed by atoms with Crippen LogP contribution in [0.15, 0.2) is 24.3 Å². The summed E-state index contributed by atoms with van der Waals surface area (Å²) in [6.45, 7) is 8.95. The number of piperidine rings is 2. The first kappa shape index (κ1) is 15.3. The third-order valence-corrected chi connectivity index (χ3v) is 8.51. The molecule has 1 aromatic heterocycles. The lowest BCUT2D eigenvalue weighted by Gasteiger charge is -2.66. The molecule has 2 spiro atoms. The average molecular weight is 349 g/mol. The molecule has 5 heterocycles. The van der Waals surface area contributed by atoms with Crippen molar-refractivity contribution in [2.24, 2.45) is 11.8 Å². The van der Waals surface area contributed by atoms with Gasteiger partial charge in [0.15, 0.2) is 0 Å². The molecule has 26 heavy (non-hydrogen) atoms. The number of rotatable bonds is 0. The van der Waals surface area contributed by atoms with Crippen LogP contribution in [-0.4, -0.2) is 40.0 Å². The number of carbonyl (C=O) groups is 1. The Morgan fingerprint density at radius 3 is 2.88 bits per heavy atom. The van der Waals surface area contributed by atoms with Crippen LogP contribution in [0.5, 0.6) is 0 Å². The number of fused-ring (bicyclic) bond motifs is 4. The fraction of sp³-hybridized carbons (Fsp3) is 0.591. The lowest BCUT2D eigenvalue weighted by molar-refractivity contribution is -0.171. The van der Waals surface area contributed by atoms with Gasteiger partial charge in [-0.1, -0.05) is 39.0 Å². The zero-order valence-electron chi connectivity index (χ0n) is 15.9. The molecule has 2 aromatic rings. The predicted octanol–water partition coefficient (Wildman–Crippen LogP) is 2.97. The molecule has 1 aliphatic carbocycles. The number of aromatic nitrogens is 1. The summed E-state index contributed by atoms with van der Waals surface area (Å²) in [4.78, 5) is 19.8. The van der Waals surface area contributed by atoms with E-state index in [-0.39, 0.29) is 11.0 Å². The summed E-state index contributed by atoms with van der Waals surface area (Å²) in [5.41, 5.74) is 3.47. The van der Waals surface area contributed by atoms with Crippen molar-refractivity contribution in [2.45, 2.75) is 56.5 Å². The number of aromatic amines is 1. The highest BCUT2D eigenvalue weighted by Crippen LogP contribution is 2.59. The number of H-pyrrole nitrogens is 1. The summed E-state index contributed by atoms with van der Waals surface area (Å²) in [7, 11) is 0. The predicted molar refractivity (Wildman–Crippen MR) is 102 cm³/mol. The largest absolute Gasteiger partial charge is 0.358 e. The van der Waals surface area contributed by atoms with Gasteiger partial charge in [0, 0.05) is 41.5 Å². The second-order valence-electron chi connectivity index (χ2n) is 9.75. The first-order valence-electron chi connectivity index (χ1n) is 10.1. The molecule has 4 nitrogen and oxygen atoms in total. The zero-order valence-corrected chi connectivity index (χ0v) is 15.9. The molecule has 2 N–H and O–H groups in total. The molecule has 1 amide bonds. The maximum atomic E-state index is 13.8.